The van der Waals surface area contributed by atoms with E-state index in [1.54, 1.807) is 7.11 Å². The van der Waals surface area contributed by atoms with Crippen LogP contribution in [0.1, 0.15) is 5.56 Å². The first kappa shape index (κ1) is 11.5. The van der Waals surface area contributed by atoms with E-state index in [9.17, 15) is 0 Å². The van der Waals surface area contributed by atoms with Gasteiger partial charge in [-0.2, -0.15) is 0 Å². The average Bonchev–Trinajstić information content (AvgIpc) is 2.40. The van der Waals surface area contributed by atoms with Crippen LogP contribution in [0.4, 0.5) is 0 Å². The largest absolute Gasteiger partial charge is 0.497 e. The number of ether oxygens (including phenoxy) is 1. The third kappa shape index (κ3) is 2.79. The van der Waals surface area contributed by atoms with Crippen molar-refractivity contribution in [2.24, 2.45) is 5.73 Å². The Labute approximate surface area is 100 Å². The molecule has 0 amide bonds. The third-order valence-corrected chi connectivity index (χ3v) is 2.49. The first-order chi connectivity index (χ1) is 8.33. The molecule has 0 radical (unpaired) electrons. The Morgan fingerprint density at radius 2 is 1.76 bits per heavy atom. The fraction of sp³-hybridized carbons (Fsp3) is 0.231. The topological polar surface area (TPSA) is 61.0 Å². The highest BCUT2D eigenvalue weighted by Gasteiger charge is 2.01. The van der Waals surface area contributed by atoms with Crippen LogP contribution < -0.4 is 10.5 Å². The summed E-state index contributed by atoms with van der Waals surface area (Å²) in [5, 5.41) is 0. The van der Waals surface area contributed by atoms with Crippen molar-refractivity contribution in [1.29, 1.82) is 0 Å². The van der Waals surface area contributed by atoms with Crippen molar-refractivity contribution in [3.05, 3.63) is 42.2 Å². The van der Waals surface area contributed by atoms with Crippen molar-refractivity contribution in [3.63, 3.8) is 0 Å². The van der Waals surface area contributed by atoms with Crippen LogP contribution in [0.2, 0.25) is 0 Å². The van der Waals surface area contributed by atoms with Crippen molar-refractivity contribution in [1.82, 2.24) is 9.97 Å². The molecule has 1 aromatic carbocycles. The highest BCUT2D eigenvalue weighted by Crippen LogP contribution is 2.18. The van der Waals surface area contributed by atoms with Gasteiger partial charge in [0.25, 0.3) is 0 Å². The standard InChI is InChI=1S/C13H15N3O/c1-17-12-4-2-11(3-5-12)13-15-8-10(6-7-14)9-16-13/h2-5,8-9H,6-7,14H2,1H3. The Balaban J connectivity index is 2.20. The van der Waals surface area contributed by atoms with Gasteiger partial charge in [0.05, 0.1) is 7.11 Å². The van der Waals surface area contributed by atoms with Crippen LogP contribution in [0.15, 0.2) is 36.7 Å². The van der Waals surface area contributed by atoms with Crippen LogP contribution in [0, 0.1) is 0 Å². The van der Waals surface area contributed by atoms with Gasteiger partial charge in [-0.15, -0.1) is 0 Å². The first-order valence-electron chi connectivity index (χ1n) is 5.49. The highest BCUT2D eigenvalue weighted by atomic mass is 16.5. The molecular weight excluding hydrogens is 214 g/mol. The minimum Gasteiger partial charge on any atom is -0.497 e. The summed E-state index contributed by atoms with van der Waals surface area (Å²) < 4.78 is 5.10. The van der Waals surface area contributed by atoms with Crippen LogP contribution >= 0.6 is 0 Å². The number of hydrogen-bond donors (Lipinski definition) is 1. The Hall–Kier alpha value is -1.94. The number of methoxy groups -OCH3 is 1. The van der Waals surface area contributed by atoms with Gasteiger partial charge in [0.2, 0.25) is 0 Å². The average molecular weight is 229 g/mol. The summed E-state index contributed by atoms with van der Waals surface area (Å²) in [6.07, 6.45) is 4.45. The summed E-state index contributed by atoms with van der Waals surface area (Å²) in [4.78, 5) is 8.63. The molecule has 0 aliphatic heterocycles. The molecule has 0 saturated carbocycles. The summed E-state index contributed by atoms with van der Waals surface area (Å²) in [7, 11) is 1.65. The van der Waals surface area contributed by atoms with Gasteiger partial charge in [-0.05, 0) is 42.8 Å². The molecule has 0 fully saturated rings. The lowest BCUT2D eigenvalue weighted by Crippen LogP contribution is -2.03. The van der Waals surface area contributed by atoms with Crippen molar-refractivity contribution in [2.75, 3.05) is 13.7 Å². The third-order valence-electron chi connectivity index (χ3n) is 2.49. The second-order valence-corrected chi connectivity index (χ2v) is 3.68. The summed E-state index contributed by atoms with van der Waals surface area (Å²) in [5.74, 6) is 1.54. The fourth-order valence-corrected chi connectivity index (χ4v) is 1.54. The minimum absolute atomic E-state index is 0.616. The molecule has 4 nitrogen and oxygen atoms in total. The second-order valence-electron chi connectivity index (χ2n) is 3.68. The van der Waals surface area contributed by atoms with E-state index in [4.69, 9.17) is 10.5 Å². The molecule has 1 heterocycles. The van der Waals surface area contributed by atoms with Crippen molar-refractivity contribution < 1.29 is 4.74 Å². The SMILES string of the molecule is COc1ccc(-c2ncc(CCN)cn2)cc1. The van der Waals surface area contributed by atoms with Gasteiger partial charge in [-0.1, -0.05) is 0 Å². The van der Waals surface area contributed by atoms with Gasteiger partial charge < -0.3 is 10.5 Å². The van der Waals surface area contributed by atoms with E-state index in [1.807, 2.05) is 36.7 Å². The number of rotatable bonds is 4. The van der Waals surface area contributed by atoms with E-state index >= 15 is 0 Å². The zero-order chi connectivity index (χ0) is 12.1. The Bertz CT molecular complexity index is 465. The van der Waals surface area contributed by atoms with Crippen molar-refractivity contribution in [3.8, 4) is 17.1 Å². The molecule has 0 unspecified atom stereocenters. The van der Waals surface area contributed by atoms with Crippen molar-refractivity contribution in [2.45, 2.75) is 6.42 Å². The molecule has 17 heavy (non-hydrogen) atoms. The second kappa shape index (κ2) is 5.41. The summed E-state index contributed by atoms with van der Waals surface area (Å²) >= 11 is 0. The lowest BCUT2D eigenvalue weighted by atomic mass is 10.2. The molecule has 0 aliphatic rings. The number of aromatic nitrogens is 2. The monoisotopic (exact) mass is 229 g/mol. The van der Waals surface area contributed by atoms with Crippen LogP contribution in [0.3, 0.4) is 0 Å². The van der Waals surface area contributed by atoms with Gasteiger partial charge in [0.15, 0.2) is 5.82 Å². The number of hydrogen-bond acceptors (Lipinski definition) is 4. The van der Waals surface area contributed by atoms with Gasteiger partial charge in [0, 0.05) is 18.0 Å². The number of nitrogens with zero attached hydrogens (tertiary/aromatic N) is 2. The predicted molar refractivity (Wildman–Crippen MR) is 66.8 cm³/mol. The van der Waals surface area contributed by atoms with Gasteiger partial charge in [0.1, 0.15) is 5.75 Å². The molecule has 0 atom stereocenters. The molecule has 2 N–H and O–H groups in total. The van der Waals surface area contributed by atoms with Crippen LogP contribution in [-0.2, 0) is 6.42 Å². The number of benzene rings is 1. The molecule has 1 aromatic heterocycles. The maximum Gasteiger partial charge on any atom is 0.159 e. The highest BCUT2D eigenvalue weighted by molar-refractivity contribution is 5.55. The fourth-order valence-electron chi connectivity index (χ4n) is 1.54. The van der Waals surface area contributed by atoms with Crippen LogP contribution in [0.25, 0.3) is 11.4 Å². The lowest BCUT2D eigenvalue weighted by Gasteiger charge is -2.03. The van der Waals surface area contributed by atoms with Crippen LogP contribution in [-0.4, -0.2) is 23.6 Å². The van der Waals surface area contributed by atoms with Gasteiger partial charge in [-0.25, -0.2) is 9.97 Å². The molecule has 2 rings (SSSR count). The summed E-state index contributed by atoms with van der Waals surface area (Å²) in [5.41, 5.74) is 7.51. The first-order valence-corrected chi connectivity index (χ1v) is 5.49. The zero-order valence-electron chi connectivity index (χ0n) is 9.76. The molecule has 88 valence electrons. The van der Waals surface area contributed by atoms with E-state index in [-0.39, 0.29) is 0 Å². The minimum atomic E-state index is 0.616. The lowest BCUT2D eigenvalue weighted by molar-refractivity contribution is 0.415. The summed E-state index contributed by atoms with van der Waals surface area (Å²) in [6.45, 7) is 0.616. The Kier molecular flexibility index (Phi) is 3.67. The molecule has 0 bridgehead atoms. The molecule has 0 aliphatic carbocycles. The predicted octanol–water partition coefficient (Wildman–Crippen LogP) is 1.65. The summed E-state index contributed by atoms with van der Waals surface area (Å²) in [6, 6.07) is 7.67. The molecule has 2 aromatic rings. The quantitative estimate of drug-likeness (QED) is 0.866. The maximum absolute atomic E-state index is 5.47. The molecule has 4 heteroatoms. The van der Waals surface area contributed by atoms with E-state index in [2.05, 4.69) is 9.97 Å². The van der Waals surface area contributed by atoms with Gasteiger partial charge >= 0.3 is 0 Å². The van der Waals surface area contributed by atoms with Gasteiger partial charge in [-0.3, -0.25) is 0 Å². The molecular formula is C13H15N3O. The van der Waals surface area contributed by atoms with E-state index in [0.29, 0.717) is 12.4 Å². The Morgan fingerprint density at radius 1 is 1.12 bits per heavy atom. The molecule has 0 saturated heterocycles. The maximum atomic E-state index is 5.47. The molecule has 0 spiro atoms. The van der Waals surface area contributed by atoms with E-state index in [0.717, 1.165) is 23.3 Å². The van der Waals surface area contributed by atoms with E-state index in [1.165, 1.54) is 0 Å². The number of nitrogens with two attached hydrogens (primary N) is 1. The Morgan fingerprint density at radius 3 is 2.29 bits per heavy atom. The zero-order valence-corrected chi connectivity index (χ0v) is 9.76. The normalized spacial score (nSPS) is 10.2. The van der Waals surface area contributed by atoms with Crippen LogP contribution in [0.5, 0.6) is 5.75 Å². The van der Waals surface area contributed by atoms with Crippen molar-refractivity contribution >= 4 is 0 Å². The smallest absolute Gasteiger partial charge is 0.159 e. The van der Waals surface area contributed by atoms with E-state index < -0.39 is 0 Å².